The summed E-state index contributed by atoms with van der Waals surface area (Å²) in [5.74, 6) is 0.469. The van der Waals surface area contributed by atoms with Gasteiger partial charge in [0.15, 0.2) is 6.29 Å². The minimum atomic E-state index is -0.606. The predicted octanol–water partition coefficient (Wildman–Crippen LogP) is 1.80. The Morgan fingerprint density at radius 2 is 2.06 bits per heavy atom. The summed E-state index contributed by atoms with van der Waals surface area (Å²) in [7, 11) is 0. The van der Waals surface area contributed by atoms with Crippen LogP contribution in [0.25, 0.3) is 0 Å². The molecule has 1 N–H and O–H groups in total. The van der Waals surface area contributed by atoms with Gasteiger partial charge in [0, 0.05) is 31.2 Å². The second kappa shape index (κ2) is 6.38. The third-order valence-corrected chi connectivity index (χ3v) is 3.30. The van der Waals surface area contributed by atoms with E-state index in [1.807, 2.05) is 4.90 Å². The van der Waals surface area contributed by atoms with Crippen LogP contribution in [0.3, 0.4) is 0 Å². The van der Waals surface area contributed by atoms with Crippen LogP contribution >= 0.6 is 23.2 Å². The van der Waals surface area contributed by atoms with Crippen molar-refractivity contribution in [1.82, 2.24) is 10.2 Å². The fourth-order valence-corrected chi connectivity index (χ4v) is 2.28. The van der Waals surface area contributed by atoms with Crippen molar-refractivity contribution in [3.05, 3.63) is 28.2 Å². The lowest BCUT2D eigenvalue weighted by Crippen LogP contribution is -2.51. The van der Waals surface area contributed by atoms with E-state index in [0.29, 0.717) is 15.8 Å². The van der Waals surface area contributed by atoms with Crippen LogP contribution < -0.4 is 10.1 Å². The van der Waals surface area contributed by atoms with E-state index in [1.54, 1.807) is 18.2 Å². The van der Waals surface area contributed by atoms with E-state index in [9.17, 15) is 4.79 Å². The first-order chi connectivity index (χ1) is 8.70. The number of rotatable bonds is 4. The monoisotopic (exact) mass is 288 g/mol. The molecule has 1 aliphatic rings. The van der Waals surface area contributed by atoms with E-state index in [1.165, 1.54) is 0 Å². The first kappa shape index (κ1) is 13.6. The molecule has 1 aliphatic heterocycles. The third-order valence-electron chi connectivity index (χ3n) is 2.77. The molecule has 0 bridgehead atoms. The molecular weight excluding hydrogens is 275 g/mol. The topological polar surface area (TPSA) is 41.6 Å². The Balaban J connectivity index is 2.07. The van der Waals surface area contributed by atoms with E-state index in [0.717, 1.165) is 32.5 Å². The fourth-order valence-electron chi connectivity index (χ4n) is 1.83. The van der Waals surface area contributed by atoms with Gasteiger partial charge in [-0.15, -0.1) is 0 Å². The highest BCUT2D eigenvalue weighted by Crippen LogP contribution is 2.28. The van der Waals surface area contributed by atoms with E-state index < -0.39 is 6.23 Å². The zero-order valence-corrected chi connectivity index (χ0v) is 11.2. The molecule has 0 saturated carbocycles. The number of ether oxygens (including phenoxy) is 1. The van der Waals surface area contributed by atoms with E-state index in [4.69, 9.17) is 27.9 Å². The summed E-state index contributed by atoms with van der Waals surface area (Å²) in [5.41, 5.74) is 0. The van der Waals surface area contributed by atoms with Gasteiger partial charge in [0.1, 0.15) is 5.75 Å². The Hall–Kier alpha value is -0.810. The van der Waals surface area contributed by atoms with Gasteiger partial charge in [-0.2, -0.15) is 0 Å². The Kier molecular flexibility index (Phi) is 4.83. The molecule has 0 aromatic heterocycles. The summed E-state index contributed by atoms with van der Waals surface area (Å²) >= 11 is 11.8. The van der Waals surface area contributed by atoms with E-state index >= 15 is 0 Å². The minimum Gasteiger partial charge on any atom is -0.467 e. The van der Waals surface area contributed by atoms with Gasteiger partial charge >= 0.3 is 0 Å². The van der Waals surface area contributed by atoms with Gasteiger partial charge in [0.25, 0.3) is 0 Å². The van der Waals surface area contributed by atoms with Crippen molar-refractivity contribution in [2.45, 2.75) is 6.23 Å². The summed E-state index contributed by atoms with van der Waals surface area (Å²) in [5, 5.41) is 4.17. The Labute approximate surface area is 116 Å². The molecule has 1 saturated heterocycles. The lowest BCUT2D eigenvalue weighted by molar-refractivity contribution is -0.122. The number of aldehydes is 1. The second-order valence-corrected chi connectivity index (χ2v) is 4.85. The summed E-state index contributed by atoms with van der Waals surface area (Å²) in [6, 6.07) is 4.95. The number of hydrogen-bond acceptors (Lipinski definition) is 4. The first-order valence-electron chi connectivity index (χ1n) is 5.72. The molecule has 1 heterocycles. The number of nitrogens with one attached hydrogen (secondary N) is 1. The molecule has 1 aromatic carbocycles. The molecule has 0 spiro atoms. The zero-order valence-electron chi connectivity index (χ0n) is 9.73. The largest absolute Gasteiger partial charge is 0.467 e. The van der Waals surface area contributed by atoms with Crippen LogP contribution in [0.2, 0.25) is 10.0 Å². The van der Waals surface area contributed by atoms with E-state index in [2.05, 4.69) is 5.32 Å². The molecule has 4 nitrogen and oxygen atoms in total. The van der Waals surface area contributed by atoms with Gasteiger partial charge < -0.3 is 10.1 Å². The number of hydrogen-bond donors (Lipinski definition) is 1. The summed E-state index contributed by atoms with van der Waals surface area (Å²) in [6.45, 7) is 3.24. The van der Waals surface area contributed by atoms with Crippen molar-refractivity contribution in [3.8, 4) is 5.75 Å². The molecule has 2 rings (SSSR count). The maximum absolute atomic E-state index is 11.1. The molecule has 0 aliphatic carbocycles. The van der Waals surface area contributed by atoms with Crippen LogP contribution in [-0.4, -0.2) is 43.6 Å². The minimum absolute atomic E-state index is 0.407. The lowest BCUT2D eigenvalue weighted by Gasteiger charge is -2.31. The van der Waals surface area contributed by atoms with Crippen molar-refractivity contribution in [2.24, 2.45) is 0 Å². The van der Waals surface area contributed by atoms with Crippen LogP contribution in [0.4, 0.5) is 0 Å². The normalized spacial score (nSPS) is 18.3. The molecule has 6 heteroatoms. The van der Waals surface area contributed by atoms with Gasteiger partial charge in [-0.25, -0.2) is 0 Å². The number of carbonyl (C=O) groups excluding carboxylic acids is 1. The molecule has 1 aromatic rings. The molecule has 0 amide bonds. The van der Waals surface area contributed by atoms with Crippen molar-refractivity contribution in [1.29, 1.82) is 0 Å². The summed E-state index contributed by atoms with van der Waals surface area (Å²) in [4.78, 5) is 13.1. The van der Waals surface area contributed by atoms with Crippen LogP contribution in [0.5, 0.6) is 5.75 Å². The number of carbonyl (C=O) groups is 1. The van der Waals surface area contributed by atoms with Crippen LogP contribution in [0.15, 0.2) is 18.2 Å². The average molecular weight is 289 g/mol. The third kappa shape index (κ3) is 3.36. The summed E-state index contributed by atoms with van der Waals surface area (Å²) in [6.07, 6.45) is 0.182. The smallest absolute Gasteiger partial charge is 0.209 e. The fraction of sp³-hybridized carbons (Fsp3) is 0.417. The zero-order chi connectivity index (χ0) is 13.0. The van der Waals surface area contributed by atoms with Crippen molar-refractivity contribution < 1.29 is 9.53 Å². The Bertz CT molecular complexity index is 423. The predicted molar refractivity (Wildman–Crippen MR) is 71.4 cm³/mol. The number of nitrogens with zero attached hydrogens (tertiary/aromatic N) is 1. The maximum atomic E-state index is 11.1. The van der Waals surface area contributed by atoms with Crippen LogP contribution in [0, 0.1) is 0 Å². The standard InChI is InChI=1S/C12H14Cl2N2O2/c13-9-1-2-11(10(14)7-9)18-12(8-17)16-5-3-15-4-6-16/h1-2,7-8,12,15H,3-6H2. The van der Waals surface area contributed by atoms with Gasteiger partial charge in [0.2, 0.25) is 6.23 Å². The lowest BCUT2D eigenvalue weighted by atomic mass is 10.3. The molecular formula is C12H14Cl2N2O2. The highest BCUT2D eigenvalue weighted by molar-refractivity contribution is 6.35. The Morgan fingerprint density at radius 3 is 2.67 bits per heavy atom. The second-order valence-electron chi connectivity index (χ2n) is 4.01. The van der Waals surface area contributed by atoms with Crippen molar-refractivity contribution in [2.75, 3.05) is 26.2 Å². The van der Waals surface area contributed by atoms with Gasteiger partial charge in [0.05, 0.1) is 5.02 Å². The number of benzene rings is 1. The molecule has 98 valence electrons. The highest BCUT2D eigenvalue weighted by atomic mass is 35.5. The highest BCUT2D eigenvalue weighted by Gasteiger charge is 2.22. The van der Waals surface area contributed by atoms with Gasteiger partial charge in [-0.3, -0.25) is 9.69 Å². The molecule has 1 atom stereocenters. The number of piperazine rings is 1. The Morgan fingerprint density at radius 1 is 1.33 bits per heavy atom. The van der Waals surface area contributed by atoms with E-state index in [-0.39, 0.29) is 0 Å². The molecule has 0 radical (unpaired) electrons. The van der Waals surface area contributed by atoms with Crippen LogP contribution in [0.1, 0.15) is 0 Å². The SMILES string of the molecule is O=CC(Oc1ccc(Cl)cc1Cl)N1CCNCC1. The van der Waals surface area contributed by atoms with Gasteiger partial charge in [-0.1, -0.05) is 23.2 Å². The molecule has 18 heavy (non-hydrogen) atoms. The average Bonchev–Trinajstić information content (AvgIpc) is 2.39. The molecule has 1 unspecified atom stereocenters. The van der Waals surface area contributed by atoms with Crippen LogP contribution in [-0.2, 0) is 4.79 Å². The maximum Gasteiger partial charge on any atom is 0.209 e. The number of halogens is 2. The molecule has 1 fully saturated rings. The summed E-state index contributed by atoms with van der Waals surface area (Å²) < 4.78 is 5.63. The van der Waals surface area contributed by atoms with Gasteiger partial charge in [-0.05, 0) is 18.2 Å². The van der Waals surface area contributed by atoms with Crippen molar-refractivity contribution in [3.63, 3.8) is 0 Å². The van der Waals surface area contributed by atoms with Crippen molar-refractivity contribution >= 4 is 29.5 Å². The first-order valence-corrected chi connectivity index (χ1v) is 6.48. The quantitative estimate of drug-likeness (QED) is 0.858.